The molecule has 7 unspecified atom stereocenters. The molecule has 0 aliphatic carbocycles. The first-order valence-corrected chi connectivity index (χ1v) is 22.9. The van der Waals surface area contributed by atoms with Gasteiger partial charge in [0.2, 0.25) is 5.91 Å². The number of allylic oxidation sites excluding steroid dienone is 7. The van der Waals surface area contributed by atoms with Gasteiger partial charge < -0.3 is 40.3 Å². The molecular formula is C47H85NO8. The smallest absolute Gasteiger partial charge is 0.220 e. The standard InChI is InChI=1S/C47H85NO8/c1-3-5-7-9-11-13-14-15-16-17-18-19-20-21-22-23-24-25-26-27-28-29-31-33-35-37-43(51)48-40(41(50)36-34-32-30-12-10-8-6-4-2)39-55-47-46(54)45(53)44(52)42(38-49)56-47/h10,12,14-15,17-18,34,36,40-42,44-47,49-50,52-54H,3-9,11,13,16,19-33,35,37-39H2,1-2H3,(H,48,51)/b12-10+,15-14-,18-17-,36-34+. The van der Waals surface area contributed by atoms with Crippen LogP contribution in [0.15, 0.2) is 48.6 Å². The van der Waals surface area contributed by atoms with Crippen LogP contribution < -0.4 is 5.32 Å². The zero-order valence-corrected chi connectivity index (χ0v) is 35.6. The van der Waals surface area contributed by atoms with Crippen molar-refractivity contribution in [3.63, 3.8) is 0 Å². The summed E-state index contributed by atoms with van der Waals surface area (Å²) in [5.41, 5.74) is 0. The van der Waals surface area contributed by atoms with Gasteiger partial charge in [-0.15, -0.1) is 0 Å². The molecule has 326 valence electrons. The average molecular weight is 792 g/mol. The van der Waals surface area contributed by atoms with Crippen molar-refractivity contribution in [3.05, 3.63) is 48.6 Å². The number of amides is 1. The van der Waals surface area contributed by atoms with Gasteiger partial charge in [-0.25, -0.2) is 0 Å². The second-order valence-corrected chi connectivity index (χ2v) is 15.8. The number of hydrogen-bond donors (Lipinski definition) is 6. The van der Waals surface area contributed by atoms with Gasteiger partial charge in [-0.3, -0.25) is 4.79 Å². The molecule has 1 rings (SSSR count). The van der Waals surface area contributed by atoms with Crippen molar-refractivity contribution in [2.24, 2.45) is 0 Å². The minimum atomic E-state index is -1.57. The maximum atomic E-state index is 12.9. The molecule has 1 heterocycles. The molecule has 0 aromatic heterocycles. The highest BCUT2D eigenvalue weighted by Gasteiger charge is 2.44. The molecule has 0 aromatic carbocycles. The first-order valence-electron chi connectivity index (χ1n) is 22.9. The SMILES string of the molecule is CCCC/C=C/CC/C=C/C(O)C(COC1OC(CO)C(O)C(O)C1O)NC(=O)CCCCCCCCCCCCCCC/C=C\C/C=C\CCCCCCC. The first kappa shape index (κ1) is 52.2. The zero-order valence-electron chi connectivity index (χ0n) is 35.6. The first-order chi connectivity index (χ1) is 27.3. The quantitative estimate of drug-likeness (QED) is 0.0269. The second-order valence-electron chi connectivity index (χ2n) is 15.8. The Labute approximate surface area is 342 Å². The number of carbonyl (C=O) groups excluding carboxylic acids is 1. The minimum absolute atomic E-state index is 0.193. The molecule has 1 aliphatic heterocycles. The summed E-state index contributed by atoms with van der Waals surface area (Å²) in [7, 11) is 0. The number of aliphatic hydroxyl groups is 5. The summed E-state index contributed by atoms with van der Waals surface area (Å²) in [6.07, 6.45) is 40.4. The monoisotopic (exact) mass is 792 g/mol. The third kappa shape index (κ3) is 27.7. The topological polar surface area (TPSA) is 149 Å². The summed E-state index contributed by atoms with van der Waals surface area (Å²) in [6, 6.07) is -0.819. The van der Waals surface area contributed by atoms with E-state index in [1.54, 1.807) is 6.08 Å². The number of carbonyl (C=O) groups is 1. The number of ether oxygens (including phenoxy) is 2. The summed E-state index contributed by atoms with van der Waals surface area (Å²) in [5, 5.41) is 53.9. The van der Waals surface area contributed by atoms with E-state index in [0.717, 1.165) is 57.8 Å². The largest absolute Gasteiger partial charge is 0.394 e. The second kappa shape index (κ2) is 37.4. The van der Waals surface area contributed by atoms with E-state index < -0.39 is 49.5 Å². The van der Waals surface area contributed by atoms with E-state index in [4.69, 9.17) is 9.47 Å². The minimum Gasteiger partial charge on any atom is -0.394 e. The van der Waals surface area contributed by atoms with E-state index in [9.17, 15) is 30.3 Å². The molecule has 0 saturated carbocycles. The van der Waals surface area contributed by atoms with Crippen molar-refractivity contribution in [1.82, 2.24) is 5.32 Å². The number of rotatable bonds is 37. The van der Waals surface area contributed by atoms with Crippen LogP contribution in [0.2, 0.25) is 0 Å². The Kier molecular flexibility index (Phi) is 34.9. The Morgan fingerprint density at radius 1 is 0.607 bits per heavy atom. The lowest BCUT2D eigenvalue weighted by Crippen LogP contribution is -2.60. The molecule has 1 amide bonds. The molecular weight excluding hydrogens is 707 g/mol. The summed E-state index contributed by atoms with van der Waals surface area (Å²) >= 11 is 0. The number of unbranched alkanes of at least 4 members (excludes halogenated alkanes) is 21. The van der Waals surface area contributed by atoms with Crippen molar-refractivity contribution in [3.8, 4) is 0 Å². The Hall–Kier alpha value is -1.85. The van der Waals surface area contributed by atoms with Crippen LogP contribution in [-0.4, -0.2) is 87.5 Å². The lowest BCUT2D eigenvalue weighted by molar-refractivity contribution is -0.302. The van der Waals surface area contributed by atoms with Gasteiger partial charge in [-0.1, -0.05) is 172 Å². The van der Waals surface area contributed by atoms with Crippen LogP contribution in [0.1, 0.15) is 187 Å². The Morgan fingerprint density at radius 2 is 1.09 bits per heavy atom. The van der Waals surface area contributed by atoms with Gasteiger partial charge in [0.15, 0.2) is 6.29 Å². The number of hydrogen-bond acceptors (Lipinski definition) is 8. The molecule has 0 bridgehead atoms. The molecule has 1 aliphatic rings. The van der Waals surface area contributed by atoms with Crippen molar-refractivity contribution < 1.29 is 39.8 Å². The van der Waals surface area contributed by atoms with Crippen LogP contribution in [-0.2, 0) is 14.3 Å². The van der Waals surface area contributed by atoms with Crippen molar-refractivity contribution in [1.29, 1.82) is 0 Å². The van der Waals surface area contributed by atoms with Crippen molar-refractivity contribution >= 4 is 5.91 Å². The fraction of sp³-hybridized carbons (Fsp3) is 0.809. The summed E-state index contributed by atoms with van der Waals surface area (Å²) in [4.78, 5) is 12.9. The zero-order chi connectivity index (χ0) is 40.9. The van der Waals surface area contributed by atoms with Crippen LogP contribution in [0.3, 0.4) is 0 Å². The number of nitrogens with one attached hydrogen (secondary N) is 1. The average Bonchev–Trinajstić information content (AvgIpc) is 3.20. The molecule has 56 heavy (non-hydrogen) atoms. The van der Waals surface area contributed by atoms with Crippen LogP contribution in [0, 0.1) is 0 Å². The molecule has 0 spiro atoms. The Bertz CT molecular complexity index is 1010. The van der Waals surface area contributed by atoms with E-state index in [1.165, 1.54) is 109 Å². The van der Waals surface area contributed by atoms with Gasteiger partial charge in [-0.05, 0) is 57.8 Å². The normalized spacial score (nSPS) is 21.6. The van der Waals surface area contributed by atoms with E-state index in [2.05, 4.69) is 55.6 Å². The van der Waals surface area contributed by atoms with Gasteiger partial charge in [0.1, 0.15) is 24.4 Å². The summed E-state index contributed by atoms with van der Waals surface area (Å²) in [6.45, 7) is 3.66. The fourth-order valence-corrected chi connectivity index (χ4v) is 6.89. The molecule has 1 saturated heterocycles. The molecule has 9 heteroatoms. The molecule has 7 atom stereocenters. The molecule has 6 N–H and O–H groups in total. The van der Waals surface area contributed by atoms with Gasteiger partial charge in [0.05, 0.1) is 25.4 Å². The van der Waals surface area contributed by atoms with Crippen LogP contribution in [0.4, 0.5) is 0 Å². The number of aliphatic hydroxyl groups excluding tert-OH is 5. The third-order valence-corrected chi connectivity index (χ3v) is 10.6. The fourth-order valence-electron chi connectivity index (χ4n) is 6.89. The van der Waals surface area contributed by atoms with Crippen LogP contribution >= 0.6 is 0 Å². The highest BCUT2D eigenvalue weighted by atomic mass is 16.7. The Balaban J connectivity index is 2.21. The van der Waals surface area contributed by atoms with Gasteiger partial charge in [0, 0.05) is 6.42 Å². The Morgan fingerprint density at radius 3 is 1.66 bits per heavy atom. The van der Waals surface area contributed by atoms with Crippen LogP contribution in [0.5, 0.6) is 0 Å². The van der Waals surface area contributed by atoms with E-state index >= 15 is 0 Å². The maximum absolute atomic E-state index is 12.9. The van der Waals surface area contributed by atoms with E-state index in [1.807, 2.05) is 6.08 Å². The van der Waals surface area contributed by atoms with Gasteiger partial charge in [-0.2, -0.15) is 0 Å². The van der Waals surface area contributed by atoms with Crippen LogP contribution in [0.25, 0.3) is 0 Å². The predicted molar refractivity (Wildman–Crippen MR) is 230 cm³/mol. The summed E-state index contributed by atoms with van der Waals surface area (Å²) in [5.74, 6) is -0.193. The lowest BCUT2D eigenvalue weighted by atomic mass is 9.99. The van der Waals surface area contributed by atoms with Crippen molar-refractivity contribution in [2.75, 3.05) is 13.2 Å². The lowest BCUT2D eigenvalue weighted by Gasteiger charge is -2.40. The third-order valence-electron chi connectivity index (χ3n) is 10.6. The van der Waals surface area contributed by atoms with Gasteiger partial charge in [0.25, 0.3) is 0 Å². The van der Waals surface area contributed by atoms with E-state index in [-0.39, 0.29) is 12.5 Å². The molecule has 0 radical (unpaired) electrons. The highest BCUT2D eigenvalue weighted by Crippen LogP contribution is 2.22. The highest BCUT2D eigenvalue weighted by molar-refractivity contribution is 5.76. The summed E-state index contributed by atoms with van der Waals surface area (Å²) < 4.78 is 11.1. The predicted octanol–water partition coefficient (Wildman–Crippen LogP) is 9.45. The maximum Gasteiger partial charge on any atom is 0.220 e. The molecule has 9 nitrogen and oxygen atoms in total. The van der Waals surface area contributed by atoms with Gasteiger partial charge >= 0.3 is 0 Å². The van der Waals surface area contributed by atoms with E-state index in [0.29, 0.717) is 6.42 Å². The molecule has 0 aromatic rings. The molecule has 1 fully saturated rings. The van der Waals surface area contributed by atoms with Crippen molar-refractivity contribution in [2.45, 2.75) is 230 Å².